The molecule has 3 aromatic rings. The first-order valence-electron chi connectivity index (χ1n) is 6.40. The van der Waals surface area contributed by atoms with E-state index in [1.54, 1.807) is 5.19 Å². The maximum Gasteiger partial charge on any atom is 0.0794 e. The van der Waals surface area contributed by atoms with Gasteiger partial charge in [0.25, 0.3) is 0 Å². The summed E-state index contributed by atoms with van der Waals surface area (Å²) in [6, 6.07) is 13.5. The molecule has 3 rings (SSSR count). The smallest absolute Gasteiger partial charge is 0.0794 e. The molecule has 2 aromatic carbocycles. The van der Waals surface area contributed by atoms with Gasteiger partial charge in [0, 0.05) is 20.2 Å². The standard InChI is InChI=1S/C16H18SSi/c1-11-7-5-9-13-15(11)12-8-6-10-14(16(12)17-13)18(2,3)4/h5-10H,1-4H3. The SMILES string of the molecule is Cc1cccc2sc3c([Si](C)(C)C)cccc3c12. The Morgan fingerprint density at radius 2 is 1.67 bits per heavy atom. The zero-order valence-corrected chi connectivity index (χ0v) is 13.2. The molecule has 0 saturated heterocycles. The molecule has 0 spiro atoms. The highest BCUT2D eigenvalue weighted by molar-refractivity contribution is 7.27. The largest absolute Gasteiger partial charge is 0.135 e. The fraction of sp³-hybridized carbons (Fsp3) is 0.250. The predicted octanol–water partition coefficient (Wildman–Crippen LogP) is 4.91. The van der Waals surface area contributed by atoms with Crippen LogP contribution in [0, 0.1) is 6.92 Å². The Labute approximate surface area is 113 Å². The van der Waals surface area contributed by atoms with Crippen LogP contribution in [0.4, 0.5) is 0 Å². The molecule has 0 bridgehead atoms. The fourth-order valence-electron chi connectivity index (χ4n) is 2.62. The Morgan fingerprint density at radius 1 is 0.944 bits per heavy atom. The average Bonchev–Trinajstić information content (AvgIpc) is 2.66. The van der Waals surface area contributed by atoms with Crippen molar-refractivity contribution >= 4 is 44.8 Å². The van der Waals surface area contributed by atoms with Crippen LogP contribution in [-0.4, -0.2) is 8.07 Å². The summed E-state index contributed by atoms with van der Waals surface area (Å²) in [5.74, 6) is 0. The zero-order valence-electron chi connectivity index (χ0n) is 11.4. The molecule has 0 radical (unpaired) electrons. The van der Waals surface area contributed by atoms with Crippen LogP contribution < -0.4 is 5.19 Å². The van der Waals surface area contributed by atoms with Gasteiger partial charge in [0.05, 0.1) is 8.07 Å². The Kier molecular flexibility index (Phi) is 2.61. The summed E-state index contributed by atoms with van der Waals surface area (Å²) in [5.41, 5.74) is 1.39. The highest BCUT2D eigenvalue weighted by Gasteiger charge is 2.21. The number of hydrogen-bond acceptors (Lipinski definition) is 1. The maximum absolute atomic E-state index is 2.43. The van der Waals surface area contributed by atoms with Crippen LogP contribution in [0.15, 0.2) is 36.4 Å². The maximum atomic E-state index is 2.43. The van der Waals surface area contributed by atoms with Gasteiger partial charge in [-0.3, -0.25) is 0 Å². The molecular formula is C16H18SSi. The minimum atomic E-state index is -1.27. The normalized spacial score (nSPS) is 12.4. The van der Waals surface area contributed by atoms with E-state index in [2.05, 4.69) is 63.0 Å². The van der Waals surface area contributed by atoms with Gasteiger partial charge in [-0.2, -0.15) is 0 Å². The summed E-state index contributed by atoms with van der Waals surface area (Å²) in [5, 5.41) is 4.51. The second kappa shape index (κ2) is 3.94. The monoisotopic (exact) mass is 270 g/mol. The highest BCUT2D eigenvalue weighted by Crippen LogP contribution is 2.35. The molecule has 1 heterocycles. The first-order valence-corrected chi connectivity index (χ1v) is 10.7. The first kappa shape index (κ1) is 11.9. The van der Waals surface area contributed by atoms with Crippen LogP contribution >= 0.6 is 11.3 Å². The molecule has 0 atom stereocenters. The molecule has 0 aliphatic heterocycles. The van der Waals surface area contributed by atoms with Crippen molar-refractivity contribution in [3.63, 3.8) is 0 Å². The van der Waals surface area contributed by atoms with Gasteiger partial charge in [-0.1, -0.05) is 50.0 Å². The van der Waals surface area contributed by atoms with Gasteiger partial charge in [0.15, 0.2) is 0 Å². The Hall–Kier alpha value is -1.12. The number of aryl methyl sites for hydroxylation is 1. The highest BCUT2D eigenvalue weighted by atomic mass is 32.1. The topological polar surface area (TPSA) is 0 Å². The van der Waals surface area contributed by atoms with Crippen molar-refractivity contribution < 1.29 is 0 Å². The number of rotatable bonds is 1. The second-order valence-corrected chi connectivity index (χ2v) is 12.1. The molecule has 1 aromatic heterocycles. The van der Waals surface area contributed by atoms with Crippen LogP contribution in [-0.2, 0) is 0 Å². The van der Waals surface area contributed by atoms with E-state index in [1.165, 1.54) is 25.7 Å². The van der Waals surface area contributed by atoms with Crippen LogP contribution in [0.25, 0.3) is 20.2 Å². The number of benzene rings is 2. The lowest BCUT2D eigenvalue weighted by atomic mass is 10.1. The van der Waals surface area contributed by atoms with Gasteiger partial charge in [0.1, 0.15) is 0 Å². The van der Waals surface area contributed by atoms with E-state index in [0.29, 0.717) is 0 Å². The van der Waals surface area contributed by atoms with Crippen molar-refractivity contribution in [3.05, 3.63) is 42.0 Å². The molecule has 92 valence electrons. The first-order chi connectivity index (χ1) is 8.48. The molecule has 0 aliphatic rings. The van der Waals surface area contributed by atoms with Crippen LogP contribution in [0.5, 0.6) is 0 Å². The quantitative estimate of drug-likeness (QED) is 0.551. The van der Waals surface area contributed by atoms with Gasteiger partial charge in [0.2, 0.25) is 0 Å². The van der Waals surface area contributed by atoms with Gasteiger partial charge in [-0.15, -0.1) is 11.3 Å². The lowest BCUT2D eigenvalue weighted by Crippen LogP contribution is -2.37. The summed E-state index contributed by atoms with van der Waals surface area (Å²) in [6.07, 6.45) is 0. The molecule has 0 unspecified atom stereocenters. The molecular weight excluding hydrogens is 252 g/mol. The minimum Gasteiger partial charge on any atom is -0.135 e. The summed E-state index contributed by atoms with van der Waals surface area (Å²) in [4.78, 5) is 0. The van der Waals surface area contributed by atoms with Crippen LogP contribution in [0.2, 0.25) is 19.6 Å². The number of fused-ring (bicyclic) bond motifs is 3. The van der Waals surface area contributed by atoms with Crippen molar-refractivity contribution in [2.45, 2.75) is 26.6 Å². The third-order valence-electron chi connectivity index (χ3n) is 3.54. The van der Waals surface area contributed by atoms with Gasteiger partial charge in [-0.25, -0.2) is 0 Å². The molecule has 0 aliphatic carbocycles. The minimum absolute atomic E-state index is 1.27. The van der Waals surface area contributed by atoms with Crippen molar-refractivity contribution in [2.24, 2.45) is 0 Å². The molecule has 0 saturated carbocycles. The number of thiophene rings is 1. The molecule has 0 N–H and O–H groups in total. The van der Waals surface area contributed by atoms with Crippen molar-refractivity contribution in [1.29, 1.82) is 0 Å². The van der Waals surface area contributed by atoms with Gasteiger partial charge >= 0.3 is 0 Å². The van der Waals surface area contributed by atoms with Gasteiger partial charge in [-0.05, 0) is 23.7 Å². The summed E-state index contributed by atoms with van der Waals surface area (Å²) in [6.45, 7) is 9.51. The molecule has 0 fully saturated rings. The van der Waals surface area contributed by atoms with Crippen molar-refractivity contribution in [2.75, 3.05) is 0 Å². The van der Waals surface area contributed by atoms with E-state index in [9.17, 15) is 0 Å². The zero-order chi connectivity index (χ0) is 12.9. The van der Waals surface area contributed by atoms with E-state index < -0.39 is 8.07 Å². The van der Waals surface area contributed by atoms with E-state index in [0.717, 1.165) is 0 Å². The number of hydrogen-bond donors (Lipinski definition) is 0. The Balaban J connectivity index is 2.51. The van der Waals surface area contributed by atoms with E-state index in [4.69, 9.17) is 0 Å². The van der Waals surface area contributed by atoms with E-state index >= 15 is 0 Å². The van der Waals surface area contributed by atoms with Crippen molar-refractivity contribution in [3.8, 4) is 0 Å². The average molecular weight is 270 g/mol. The van der Waals surface area contributed by atoms with Gasteiger partial charge < -0.3 is 0 Å². The lowest BCUT2D eigenvalue weighted by molar-refractivity contribution is 1.55. The third kappa shape index (κ3) is 1.71. The Morgan fingerprint density at radius 3 is 2.39 bits per heavy atom. The van der Waals surface area contributed by atoms with E-state index in [1.807, 2.05) is 11.3 Å². The lowest BCUT2D eigenvalue weighted by Gasteiger charge is -2.17. The molecule has 2 heteroatoms. The molecule has 0 amide bonds. The van der Waals surface area contributed by atoms with Crippen molar-refractivity contribution in [1.82, 2.24) is 0 Å². The van der Waals surface area contributed by atoms with E-state index in [-0.39, 0.29) is 0 Å². The summed E-state index contributed by atoms with van der Waals surface area (Å²) < 4.78 is 2.94. The Bertz CT molecular complexity index is 732. The third-order valence-corrected chi connectivity index (χ3v) is 6.96. The molecule has 0 nitrogen and oxygen atoms in total. The second-order valence-electron chi connectivity index (χ2n) is 5.98. The molecule has 18 heavy (non-hydrogen) atoms. The predicted molar refractivity (Wildman–Crippen MR) is 87.0 cm³/mol. The van der Waals surface area contributed by atoms with Crippen LogP contribution in [0.3, 0.4) is 0 Å². The van der Waals surface area contributed by atoms with Crippen LogP contribution in [0.1, 0.15) is 5.56 Å². The summed E-state index contributed by atoms with van der Waals surface area (Å²) in [7, 11) is -1.27. The summed E-state index contributed by atoms with van der Waals surface area (Å²) >= 11 is 1.96. The fourth-order valence-corrected chi connectivity index (χ4v) is 6.30.